The van der Waals surface area contributed by atoms with E-state index in [1.807, 2.05) is 35.4 Å². The Morgan fingerprint density at radius 1 is 1.39 bits per heavy atom. The Kier molecular flexibility index (Phi) is 4.73. The molecule has 0 aliphatic carbocycles. The van der Waals surface area contributed by atoms with Crippen molar-refractivity contribution in [1.29, 1.82) is 0 Å². The number of likely N-dealkylation sites (tertiary alicyclic amines) is 1. The van der Waals surface area contributed by atoms with Crippen LogP contribution in [0.15, 0.2) is 29.2 Å². The van der Waals surface area contributed by atoms with Gasteiger partial charge in [0.25, 0.3) is 5.91 Å². The van der Waals surface area contributed by atoms with Crippen molar-refractivity contribution in [3.8, 4) is 0 Å². The van der Waals surface area contributed by atoms with E-state index in [0.29, 0.717) is 10.7 Å². The number of hydrogen-bond donors (Lipinski definition) is 0. The highest BCUT2D eigenvalue weighted by Crippen LogP contribution is 2.25. The molecule has 4 heteroatoms. The predicted molar refractivity (Wildman–Crippen MR) is 80.6 cm³/mol. The second-order valence-electron chi connectivity index (χ2n) is 4.76. The average Bonchev–Trinajstić information content (AvgIpc) is 2.41. The van der Waals surface area contributed by atoms with Gasteiger partial charge in [0, 0.05) is 28.4 Å². The van der Waals surface area contributed by atoms with Crippen LogP contribution in [0.5, 0.6) is 0 Å². The van der Waals surface area contributed by atoms with Crippen molar-refractivity contribution in [2.24, 2.45) is 5.92 Å². The minimum atomic E-state index is 0.161. The first kappa shape index (κ1) is 13.9. The molecule has 2 unspecified atom stereocenters. The van der Waals surface area contributed by atoms with Crippen molar-refractivity contribution in [3.05, 3.63) is 29.8 Å². The molecule has 0 saturated carbocycles. The van der Waals surface area contributed by atoms with Crippen LogP contribution in [0, 0.1) is 5.92 Å². The van der Waals surface area contributed by atoms with Crippen molar-refractivity contribution in [1.82, 2.24) is 4.90 Å². The summed E-state index contributed by atoms with van der Waals surface area (Å²) in [7, 11) is 0. The van der Waals surface area contributed by atoms with Gasteiger partial charge in [0.15, 0.2) is 0 Å². The highest BCUT2D eigenvalue weighted by Gasteiger charge is 2.27. The molecule has 1 aromatic carbocycles. The fraction of sp³-hybridized carbons (Fsp3) is 0.500. The zero-order chi connectivity index (χ0) is 13.1. The van der Waals surface area contributed by atoms with Gasteiger partial charge in [-0.05, 0) is 42.9 Å². The maximum absolute atomic E-state index is 12.4. The van der Waals surface area contributed by atoms with Gasteiger partial charge in [0.1, 0.15) is 0 Å². The molecule has 0 spiro atoms. The van der Waals surface area contributed by atoms with Crippen LogP contribution in [0.3, 0.4) is 0 Å². The number of benzene rings is 1. The van der Waals surface area contributed by atoms with Crippen LogP contribution >= 0.6 is 27.7 Å². The summed E-state index contributed by atoms with van der Waals surface area (Å²) in [6.45, 7) is 3.89. The first-order valence-electron chi connectivity index (χ1n) is 6.19. The molecule has 0 bridgehead atoms. The van der Waals surface area contributed by atoms with E-state index < -0.39 is 0 Å². The third-order valence-corrected chi connectivity index (χ3v) is 5.53. The molecule has 0 radical (unpaired) electrons. The largest absolute Gasteiger partial charge is 0.338 e. The van der Waals surface area contributed by atoms with Crippen molar-refractivity contribution in [2.45, 2.75) is 23.1 Å². The van der Waals surface area contributed by atoms with Gasteiger partial charge in [-0.1, -0.05) is 22.9 Å². The smallest absolute Gasteiger partial charge is 0.253 e. The molecule has 18 heavy (non-hydrogen) atoms. The van der Waals surface area contributed by atoms with Crippen LogP contribution < -0.4 is 0 Å². The number of nitrogens with zero attached hydrogens (tertiary/aromatic N) is 1. The maximum atomic E-state index is 12.4. The zero-order valence-electron chi connectivity index (χ0n) is 10.7. The molecule has 1 fully saturated rings. The molecule has 1 aliphatic rings. The lowest BCUT2D eigenvalue weighted by Crippen LogP contribution is -2.43. The molecular weight excluding hydrogens is 310 g/mol. The maximum Gasteiger partial charge on any atom is 0.253 e. The molecule has 2 atom stereocenters. The van der Waals surface area contributed by atoms with Gasteiger partial charge in [0.05, 0.1) is 0 Å². The van der Waals surface area contributed by atoms with Gasteiger partial charge in [0.2, 0.25) is 0 Å². The number of amides is 1. The Bertz CT molecular complexity index is 420. The first-order chi connectivity index (χ1) is 8.61. The number of piperidine rings is 1. The van der Waals surface area contributed by atoms with E-state index in [4.69, 9.17) is 0 Å². The molecule has 2 nitrogen and oxygen atoms in total. The fourth-order valence-corrected chi connectivity index (χ4v) is 3.00. The summed E-state index contributed by atoms with van der Waals surface area (Å²) in [5.41, 5.74) is 0.799. The number of carbonyl (C=O) groups excluding carboxylic acids is 1. The molecule has 98 valence electrons. The van der Waals surface area contributed by atoms with E-state index >= 15 is 0 Å². The zero-order valence-corrected chi connectivity index (χ0v) is 13.1. The van der Waals surface area contributed by atoms with Crippen LogP contribution in [0.4, 0.5) is 0 Å². The average molecular weight is 328 g/mol. The summed E-state index contributed by atoms with van der Waals surface area (Å²) in [5, 5.41) is 0. The van der Waals surface area contributed by atoms with Gasteiger partial charge in [-0.25, -0.2) is 0 Å². The minimum Gasteiger partial charge on any atom is -0.338 e. The second kappa shape index (κ2) is 6.11. The molecule has 1 heterocycles. The molecule has 0 N–H and O–H groups in total. The summed E-state index contributed by atoms with van der Waals surface area (Å²) < 4.78 is 0. The fourth-order valence-electron chi connectivity index (χ4n) is 2.22. The van der Waals surface area contributed by atoms with E-state index in [2.05, 4.69) is 22.9 Å². The van der Waals surface area contributed by atoms with Crippen molar-refractivity contribution in [3.63, 3.8) is 0 Å². The van der Waals surface area contributed by atoms with Gasteiger partial charge in [-0.15, -0.1) is 11.8 Å². The Balaban J connectivity index is 2.06. The summed E-state index contributed by atoms with van der Waals surface area (Å²) in [4.78, 5) is 16.1. The Morgan fingerprint density at radius 3 is 2.61 bits per heavy atom. The van der Waals surface area contributed by atoms with Gasteiger partial charge in [-0.3, -0.25) is 4.79 Å². The van der Waals surface area contributed by atoms with E-state index in [0.717, 1.165) is 25.1 Å². The van der Waals surface area contributed by atoms with E-state index in [-0.39, 0.29) is 5.91 Å². The van der Waals surface area contributed by atoms with Gasteiger partial charge >= 0.3 is 0 Å². The van der Waals surface area contributed by atoms with Crippen LogP contribution in [0.2, 0.25) is 0 Å². The lowest BCUT2D eigenvalue weighted by Gasteiger charge is -2.34. The minimum absolute atomic E-state index is 0.161. The Morgan fingerprint density at radius 2 is 2.06 bits per heavy atom. The second-order valence-corrected chi connectivity index (χ2v) is 6.82. The van der Waals surface area contributed by atoms with Gasteiger partial charge in [-0.2, -0.15) is 0 Å². The number of halogens is 1. The lowest BCUT2D eigenvalue weighted by atomic mass is 9.99. The molecule has 1 amide bonds. The predicted octanol–water partition coefficient (Wildman–Crippen LogP) is 3.65. The normalized spacial score (nSPS) is 24.1. The highest BCUT2D eigenvalue weighted by atomic mass is 79.9. The number of alkyl halides is 1. The van der Waals surface area contributed by atoms with Gasteiger partial charge < -0.3 is 4.90 Å². The molecule has 1 aromatic rings. The molecule has 2 rings (SSSR count). The standard InChI is InChI=1S/C14H18BrNOS/c1-10-9-16(8-7-13(10)15)14(17)11-3-5-12(18-2)6-4-11/h3-6,10,13H,7-9H2,1-2H3. The number of rotatable bonds is 2. The van der Waals surface area contributed by atoms with Crippen LogP contribution in [-0.4, -0.2) is 35.0 Å². The molecular formula is C14H18BrNOS. The number of carbonyl (C=O) groups is 1. The molecule has 1 aliphatic heterocycles. The first-order valence-corrected chi connectivity index (χ1v) is 8.33. The Labute approximate surface area is 121 Å². The third kappa shape index (κ3) is 3.09. The van der Waals surface area contributed by atoms with Crippen molar-refractivity contribution in [2.75, 3.05) is 19.3 Å². The van der Waals surface area contributed by atoms with E-state index in [1.165, 1.54) is 4.90 Å². The van der Waals surface area contributed by atoms with E-state index in [1.54, 1.807) is 11.8 Å². The van der Waals surface area contributed by atoms with Crippen molar-refractivity contribution >= 4 is 33.6 Å². The molecule has 1 saturated heterocycles. The van der Waals surface area contributed by atoms with Crippen LogP contribution in [-0.2, 0) is 0 Å². The molecule has 0 aromatic heterocycles. The summed E-state index contributed by atoms with van der Waals surface area (Å²) in [5.74, 6) is 0.682. The van der Waals surface area contributed by atoms with Crippen molar-refractivity contribution < 1.29 is 4.79 Å². The third-order valence-electron chi connectivity index (χ3n) is 3.42. The summed E-state index contributed by atoms with van der Waals surface area (Å²) in [6, 6.07) is 7.88. The lowest BCUT2D eigenvalue weighted by molar-refractivity contribution is 0.0690. The Hall–Kier alpha value is -0.480. The number of hydrogen-bond acceptors (Lipinski definition) is 2. The number of thioether (sulfide) groups is 1. The monoisotopic (exact) mass is 327 g/mol. The summed E-state index contributed by atoms with van der Waals surface area (Å²) >= 11 is 5.36. The summed E-state index contributed by atoms with van der Waals surface area (Å²) in [6.07, 6.45) is 3.08. The van der Waals surface area contributed by atoms with E-state index in [9.17, 15) is 4.79 Å². The van der Waals surface area contributed by atoms with Crippen LogP contribution in [0.1, 0.15) is 23.7 Å². The highest BCUT2D eigenvalue weighted by molar-refractivity contribution is 9.09. The topological polar surface area (TPSA) is 20.3 Å². The van der Waals surface area contributed by atoms with Crippen LogP contribution in [0.25, 0.3) is 0 Å². The quantitative estimate of drug-likeness (QED) is 0.610. The SMILES string of the molecule is CSc1ccc(C(=O)N2CCC(Br)C(C)C2)cc1.